The average molecular weight is 319 g/mol. The Hall–Kier alpha value is -2.20. The number of ether oxygens (including phenoxy) is 1. The highest BCUT2D eigenvalue weighted by Crippen LogP contribution is 2.24. The smallest absolute Gasteiger partial charge is 0.267 e. The van der Waals surface area contributed by atoms with Crippen LogP contribution in [0.25, 0.3) is 0 Å². The van der Waals surface area contributed by atoms with E-state index >= 15 is 0 Å². The largest absolute Gasteiger partial charge is 0.478 e. The van der Waals surface area contributed by atoms with Crippen LogP contribution < -0.4 is 15.8 Å². The van der Waals surface area contributed by atoms with Crippen LogP contribution in [0.2, 0.25) is 5.02 Å². The SMILES string of the molecule is Cc1ccc(N)cc1NC(=O)C(C)(C)Oc1ccc(Cl)cc1. The van der Waals surface area contributed by atoms with E-state index < -0.39 is 5.60 Å². The highest BCUT2D eigenvalue weighted by Gasteiger charge is 2.30. The number of anilines is 2. The lowest BCUT2D eigenvalue weighted by Crippen LogP contribution is -2.42. The molecule has 0 bridgehead atoms. The molecule has 2 aromatic rings. The number of nitrogens with one attached hydrogen (secondary N) is 1. The molecule has 0 saturated heterocycles. The highest BCUT2D eigenvalue weighted by atomic mass is 35.5. The average Bonchev–Trinajstić information content (AvgIpc) is 2.45. The number of halogens is 1. The summed E-state index contributed by atoms with van der Waals surface area (Å²) >= 11 is 5.84. The first-order valence-electron chi connectivity index (χ1n) is 6.90. The van der Waals surface area contributed by atoms with Gasteiger partial charge in [-0.05, 0) is 62.7 Å². The number of hydrogen-bond donors (Lipinski definition) is 2. The molecule has 0 aliphatic heterocycles. The van der Waals surface area contributed by atoms with Gasteiger partial charge >= 0.3 is 0 Å². The Bertz CT molecular complexity index is 682. The van der Waals surface area contributed by atoms with E-state index in [2.05, 4.69) is 5.32 Å². The van der Waals surface area contributed by atoms with Gasteiger partial charge in [-0.2, -0.15) is 0 Å². The van der Waals surface area contributed by atoms with Crippen LogP contribution in [0.4, 0.5) is 11.4 Å². The fourth-order valence-corrected chi connectivity index (χ4v) is 2.02. The van der Waals surface area contributed by atoms with Gasteiger partial charge in [-0.1, -0.05) is 17.7 Å². The predicted octanol–water partition coefficient (Wildman–Crippen LogP) is 4.03. The highest BCUT2D eigenvalue weighted by molar-refractivity contribution is 6.30. The van der Waals surface area contributed by atoms with Crippen molar-refractivity contribution in [3.8, 4) is 5.75 Å². The summed E-state index contributed by atoms with van der Waals surface area (Å²) in [6.07, 6.45) is 0. The van der Waals surface area contributed by atoms with Crippen LogP contribution in [-0.4, -0.2) is 11.5 Å². The summed E-state index contributed by atoms with van der Waals surface area (Å²) in [7, 11) is 0. The van der Waals surface area contributed by atoms with Gasteiger partial charge in [0, 0.05) is 16.4 Å². The maximum absolute atomic E-state index is 12.5. The minimum Gasteiger partial charge on any atom is -0.478 e. The summed E-state index contributed by atoms with van der Waals surface area (Å²) < 4.78 is 5.76. The Morgan fingerprint density at radius 1 is 1.18 bits per heavy atom. The number of hydrogen-bond acceptors (Lipinski definition) is 3. The zero-order chi connectivity index (χ0) is 16.3. The van der Waals surface area contributed by atoms with Crippen LogP contribution in [0.1, 0.15) is 19.4 Å². The molecule has 4 nitrogen and oxygen atoms in total. The number of rotatable bonds is 4. The van der Waals surface area contributed by atoms with Gasteiger partial charge in [0.25, 0.3) is 5.91 Å². The molecule has 0 aliphatic carbocycles. The summed E-state index contributed by atoms with van der Waals surface area (Å²) in [5.74, 6) is 0.324. The summed E-state index contributed by atoms with van der Waals surface area (Å²) in [4.78, 5) is 12.5. The minimum absolute atomic E-state index is 0.254. The molecule has 0 aliphatic rings. The van der Waals surface area contributed by atoms with Gasteiger partial charge in [0.05, 0.1) is 0 Å². The summed E-state index contributed by atoms with van der Waals surface area (Å²) in [5, 5.41) is 3.47. The van der Waals surface area contributed by atoms with E-state index in [0.29, 0.717) is 22.1 Å². The van der Waals surface area contributed by atoms with Crippen LogP contribution in [0.5, 0.6) is 5.75 Å². The summed E-state index contributed by atoms with van der Waals surface area (Å²) in [5.41, 5.74) is 6.93. The van der Waals surface area contributed by atoms with E-state index in [1.165, 1.54) is 0 Å². The van der Waals surface area contributed by atoms with Crippen LogP contribution in [0.3, 0.4) is 0 Å². The molecular formula is C17H19ClN2O2. The van der Waals surface area contributed by atoms with Gasteiger partial charge in [-0.3, -0.25) is 4.79 Å². The van der Waals surface area contributed by atoms with Crippen molar-refractivity contribution in [3.63, 3.8) is 0 Å². The van der Waals surface area contributed by atoms with Crippen LogP contribution >= 0.6 is 11.6 Å². The second-order valence-corrected chi connectivity index (χ2v) is 6.03. The number of carbonyl (C=O) groups excluding carboxylic acids is 1. The molecule has 2 rings (SSSR count). The molecule has 2 aromatic carbocycles. The maximum atomic E-state index is 12.5. The van der Waals surface area contributed by atoms with Crippen molar-refractivity contribution in [2.45, 2.75) is 26.4 Å². The molecular weight excluding hydrogens is 300 g/mol. The molecule has 1 amide bonds. The third-order valence-electron chi connectivity index (χ3n) is 3.24. The van der Waals surface area contributed by atoms with E-state index in [4.69, 9.17) is 22.1 Å². The van der Waals surface area contributed by atoms with Crippen molar-refractivity contribution < 1.29 is 9.53 Å². The molecule has 22 heavy (non-hydrogen) atoms. The fourth-order valence-electron chi connectivity index (χ4n) is 1.89. The van der Waals surface area contributed by atoms with Crippen molar-refractivity contribution in [1.29, 1.82) is 0 Å². The lowest BCUT2D eigenvalue weighted by molar-refractivity contribution is -0.128. The Balaban J connectivity index is 2.13. The van der Waals surface area contributed by atoms with Gasteiger partial charge in [0.15, 0.2) is 5.60 Å². The molecule has 0 unspecified atom stereocenters. The second-order valence-electron chi connectivity index (χ2n) is 5.59. The van der Waals surface area contributed by atoms with Crippen LogP contribution in [0.15, 0.2) is 42.5 Å². The fraction of sp³-hybridized carbons (Fsp3) is 0.235. The van der Waals surface area contributed by atoms with Crippen LogP contribution in [0, 0.1) is 6.92 Å². The summed E-state index contributed by atoms with van der Waals surface area (Å²) in [6.45, 7) is 5.32. The zero-order valence-electron chi connectivity index (χ0n) is 12.8. The first-order chi connectivity index (χ1) is 10.3. The van der Waals surface area contributed by atoms with E-state index in [-0.39, 0.29) is 5.91 Å². The van der Waals surface area contributed by atoms with E-state index in [9.17, 15) is 4.79 Å². The topological polar surface area (TPSA) is 64.3 Å². The first-order valence-corrected chi connectivity index (χ1v) is 7.28. The van der Waals surface area contributed by atoms with Gasteiger partial charge in [-0.25, -0.2) is 0 Å². The van der Waals surface area contributed by atoms with Crippen molar-refractivity contribution in [2.24, 2.45) is 0 Å². The van der Waals surface area contributed by atoms with Gasteiger partial charge in [-0.15, -0.1) is 0 Å². The molecule has 0 heterocycles. The monoisotopic (exact) mass is 318 g/mol. The first kappa shape index (κ1) is 16.2. The van der Waals surface area contributed by atoms with Gasteiger partial charge in [0.2, 0.25) is 0 Å². The molecule has 3 N–H and O–H groups in total. The third kappa shape index (κ3) is 3.92. The Morgan fingerprint density at radius 2 is 1.82 bits per heavy atom. The Morgan fingerprint density at radius 3 is 2.45 bits per heavy atom. The standard InChI is InChI=1S/C17H19ClN2O2/c1-11-4-7-13(19)10-15(11)20-16(21)17(2,3)22-14-8-5-12(18)6-9-14/h4-10H,19H2,1-3H3,(H,20,21). The second kappa shape index (κ2) is 6.28. The normalized spacial score (nSPS) is 11.1. The molecule has 0 atom stereocenters. The zero-order valence-corrected chi connectivity index (χ0v) is 13.6. The van der Waals surface area contributed by atoms with Gasteiger partial charge < -0.3 is 15.8 Å². The van der Waals surface area contributed by atoms with Gasteiger partial charge in [0.1, 0.15) is 5.75 Å². The van der Waals surface area contributed by atoms with E-state index in [1.54, 1.807) is 50.2 Å². The Labute approximate surface area is 135 Å². The molecule has 0 spiro atoms. The van der Waals surface area contributed by atoms with Crippen molar-refractivity contribution in [2.75, 3.05) is 11.1 Å². The number of nitrogen functional groups attached to an aromatic ring is 1. The van der Waals surface area contributed by atoms with Crippen LogP contribution in [-0.2, 0) is 4.79 Å². The van der Waals surface area contributed by atoms with Crippen molar-refractivity contribution in [1.82, 2.24) is 0 Å². The maximum Gasteiger partial charge on any atom is 0.267 e. The number of nitrogens with two attached hydrogens (primary N) is 1. The van der Waals surface area contributed by atoms with E-state index in [0.717, 1.165) is 5.56 Å². The molecule has 116 valence electrons. The molecule has 0 saturated carbocycles. The molecule has 0 radical (unpaired) electrons. The minimum atomic E-state index is -1.04. The number of benzene rings is 2. The molecule has 0 aromatic heterocycles. The molecule has 0 fully saturated rings. The Kier molecular flexibility index (Phi) is 4.62. The lowest BCUT2D eigenvalue weighted by atomic mass is 10.1. The van der Waals surface area contributed by atoms with E-state index in [1.807, 2.05) is 13.0 Å². The lowest BCUT2D eigenvalue weighted by Gasteiger charge is -2.25. The number of amides is 1. The number of carbonyl (C=O) groups is 1. The van der Waals surface area contributed by atoms with Crippen molar-refractivity contribution in [3.05, 3.63) is 53.1 Å². The predicted molar refractivity (Wildman–Crippen MR) is 90.4 cm³/mol. The third-order valence-corrected chi connectivity index (χ3v) is 3.50. The molecule has 5 heteroatoms. The summed E-state index contributed by atoms with van der Waals surface area (Å²) in [6, 6.07) is 12.3. The van der Waals surface area contributed by atoms with Crippen molar-refractivity contribution >= 4 is 28.9 Å². The quantitative estimate of drug-likeness (QED) is 0.837. The number of aryl methyl sites for hydroxylation is 1.